The van der Waals surface area contributed by atoms with Gasteiger partial charge in [0.1, 0.15) is 0 Å². The first-order valence-electron chi connectivity index (χ1n) is 9.13. The van der Waals surface area contributed by atoms with Gasteiger partial charge in [-0.3, -0.25) is 14.9 Å². The van der Waals surface area contributed by atoms with Gasteiger partial charge in [0.2, 0.25) is 0 Å². The molecule has 0 bridgehead atoms. The number of carbonyl (C=O) groups is 2. The van der Waals surface area contributed by atoms with E-state index < -0.39 is 16.8 Å². The summed E-state index contributed by atoms with van der Waals surface area (Å²) in [5.41, 5.74) is 2.35. The standard InChI is InChI=1S/C21H19N3O5S/c1-3-29-21(26)17-8-16(9-18(10-17)24(27)28)20(25)22-11-14-4-6-15(7-5-14)19-12-30-13(2)23-19/h4-10,12H,3,11H2,1-2H3,(H,22,25). The van der Waals surface area contributed by atoms with Crippen molar-refractivity contribution in [1.82, 2.24) is 10.3 Å². The third-order valence-electron chi connectivity index (χ3n) is 4.22. The number of hydrogen-bond acceptors (Lipinski definition) is 7. The highest BCUT2D eigenvalue weighted by Gasteiger charge is 2.18. The summed E-state index contributed by atoms with van der Waals surface area (Å²) in [6, 6.07) is 11.1. The van der Waals surface area contributed by atoms with Gasteiger partial charge in [-0.05, 0) is 25.5 Å². The maximum Gasteiger partial charge on any atom is 0.338 e. The molecule has 1 N–H and O–H groups in total. The van der Waals surface area contributed by atoms with E-state index in [1.54, 1.807) is 18.3 Å². The number of hydrogen-bond donors (Lipinski definition) is 1. The molecule has 8 nitrogen and oxygen atoms in total. The Morgan fingerprint density at radius 1 is 1.17 bits per heavy atom. The normalized spacial score (nSPS) is 10.5. The van der Waals surface area contributed by atoms with Crippen LogP contribution in [0.15, 0.2) is 47.8 Å². The predicted molar refractivity (Wildman–Crippen MR) is 113 cm³/mol. The number of carbonyl (C=O) groups excluding carboxylic acids is 2. The summed E-state index contributed by atoms with van der Waals surface area (Å²) >= 11 is 1.58. The molecular formula is C21H19N3O5S. The molecule has 0 saturated carbocycles. The summed E-state index contributed by atoms with van der Waals surface area (Å²) in [5, 5.41) is 16.8. The van der Waals surface area contributed by atoms with E-state index in [4.69, 9.17) is 4.74 Å². The van der Waals surface area contributed by atoms with Crippen LogP contribution in [0, 0.1) is 17.0 Å². The third kappa shape index (κ3) is 5.06. The van der Waals surface area contributed by atoms with E-state index in [1.807, 2.05) is 36.6 Å². The Bertz CT molecular complexity index is 1090. The van der Waals surface area contributed by atoms with Crippen molar-refractivity contribution < 1.29 is 19.2 Å². The molecule has 0 saturated heterocycles. The molecule has 30 heavy (non-hydrogen) atoms. The number of esters is 1. The number of non-ortho nitro benzene ring substituents is 1. The lowest BCUT2D eigenvalue weighted by atomic mass is 10.1. The Kier molecular flexibility index (Phi) is 6.53. The van der Waals surface area contributed by atoms with Crippen LogP contribution in [0.5, 0.6) is 0 Å². The second-order valence-corrected chi connectivity index (χ2v) is 7.44. The van der Waals surface area contributed by atoms with Gasteiger partial charge < -0.3 is 10.1 Å². The molecule has 0 aliphatic carbocycles. The van der Waals surface area contributed by atoms with E-state index in [2.05, 4.69) is 10.3 Å². The molecule has 3 rings (SSSR count). The molecule has 1 aromatic heterocycles. The highest BCUT2D eigenvalue weighted by molar-refractivity contribution is 7.09. The lowest BCUT2D eigenvalue weighted by Crippen LogP contribution is -2.23. The van der Waals surface area contributed by atoms with Gasteiger partial charge in [-0.1, -0.05) is 24.3 Å². The number of aromatic nitrogens is 1. The largest absolute Gasteiger partial charge is 0.462 e. The summed E-state index contributed by atoms with van der Waals surface area (Å²) in [4.78, 5) is 39.4. The molecule has 3 aromatic rings. The van der Waals surface area contributed by atoms with Crippen LogP contribution < -0.4 is 5.32 Å². The second-order valence-electron chi connectivity index (χ2n) is 6.38. The molecule has 1 amide bonds. The van der Waals surface area contributed by atoms with Crippen molar-refractivity contribution in [2.45, 2.75) is 20.4 Å². The first-order chi connectivity index (χ1) is 14.4. The summed E-state index contributed by atoms with van der Waals surface area (Å²) in [7, 11) is 0. The van der Waals surface area contributed by atoms with Gasteiger partial charge in [0.25, 0.3) is 11.6 Å². The minimum atomic E-state index is -0.719. The molecule has 1 heterocycles. The van der Waals surface area contributed by atoms with E-state index in [0.717, 1.165) is 34.0 Å². The Morgan fingerprint density at radius 3 is 2.47 bits per heavy atom. The van der Waals surface area contributed by atoms with Crippen molar-refractivity contribution in [3.63, 3.8) is 0 Å². The highest BCUT2D eigenvalue weighted by Crippen LogP contribution is 2.22. The number of nitro benzene ring substituents is 1. The van der Waals surface area contributed by atoms with Gasteiger partial charge >= 0.3 is 5.97 Å². The molecule has 9 heteroatoms. The molecule has 154 valence electrons. The number of ether oxygens (including phenoxy) is 1. The number of benzene rings is 2. The van der Waals surface area contributed by atoms with E-state index in [9.17, 15) is 19.7 Å². The third-order valence-corrected chi connectivity index (χ3v) is 5.00. The SMILES string of the molecule is CCOC(=O)c1cc(C(=O)NCc2ccc(-c3csc(C)n3)cc2)cc([N+](=O)[O-])c1. The number of thiazole rings is 1. The maximum absolute atomic E-state index is 12.5. The van der Waals surface area contributed by atoms with Crippen molar-refractivity contribution in [3.8, 4) is 11.3 Å². The van der Waals surface area contributed by atoms with Gasteiger partial charge in [0.05, 0.1) is 27.8 Å². The van der Waals surface area contributed by atoms with Crippen molar-refractivity contribution in [3.05, 3.63) is 79.7 Å². The average Bonchev–Trinajstić information content (AvgIpc) is 3.18. The summed E-state index contributed by atoms with van der Waals surface area (Å²) < 4.78 is 4.88. The smallest absolute Gasteiger partial charge is 0.338 e. The average molecular weight is 425 g/mol. The summed E-state index contributed by atoms with van der Waals surface area (Å²) in [6.45, 7) is 3.93. The summed E-state index contributed by atoms with van der Waals surface area (Å²) in [5.74, 6) is -1.24. The van der Waals surface area contributed by atoms with Crippen molar-refractivity contribution in [2.75, 3.05) is 6.61 Å². The van der Waals surface area contributed by atoms with Crippen LogP contribution in [0.1, 0.15) is 38.2 Å². The van der Waals surface area contributed by atoms with Gasteiger partial charge in [-0.2, -0.15) is 0 Å². The van der Waals surface area contributed by atoms with Crippen LogP contribution in [0.3, 0.4) is 0 Å². The molecule has 0 radical (unpaired) electrons. The lowest BCUT2D eigenvalue weighted by molar-refractivity contribution is -0.384. The van der Waals surface area contributed by atoms with Gasteiger partial charge in [-0.25, -0.2) is 9.78 Å². The van der Waals surface area contributed by atoms with Crippen LogP contribution in [0.4, 0.5) is 5.69 Å². The predicted octanol–water partition coefficient (Wildman–Crippen LogP) is 4.13. The Hall–Kier alpha value is -3.59. The molecular weight excluding hydrogens is 406 g/mol. The number of rotatable bonds is 7. The Morgan fingerprint density at radius 2 is 1.87 bits per heavy atom. The molecule has 0 unspecified atom stereocenters. The zero-order valence-electron chi connectivity index (χ0n) is 16.4. The maximum atomic E-state index is 12.5. The fourth-order valence-electron chi connectivity index (χ4n) is 2.75. The van der Waals surface area contributed by atoms with Crippen molar-refractivity contribution >= 4 is 28.9 Å². The van der Waals surface area contributed by atoms with Crippen LogP contribution in [-0.4, -0.2) is 28.4 Å². The van der Waals surface area contributed by atoms with E-state index >= 15 is 0 Å². The quantitative estimate of drug-likeness (QED) is 0.346. The van der Waals surface area contributed by atoms with E-state index in [0.29, 0.717) is 0 Å². The van der Waals surface area contributed by atoms with E-state index in [1.165, 1.54) is 6.07 Å². The minimum Gasteiger partial charge on any atom is -0.462 e. The first kappa shape index (κ1) is 21.1. The Labute approximate surface area is 176 Å². The van der Waals surface area contributed by atoms with Crippen LogP contribution in [0.2, 0.25) is 0 Å². The number of nitrogens with one attached hydrogen (secondary N) is 1. The molecule has 0 aliphatic rings. The second kappa shape index (κ2) is 9.27. The molecule has 0 fully saturated rings. The number of amides is 1. The van der Waals surface area contributed by atoms with Crippen LogP contribution in [0.25, 0.3) is 11.3 Å². The number of nitro groups is 1. The molecule has 0 atom stereocenters. The first-order valence-corrected chi connectivity index (χ1v) is 10.0. The zero-order chi connectivity index (χ0) is 21.7. The zero-order valence-corrected chi connectivity index (χ0v) is 17.2. The number of aryl methyl sites for hydroxylation is 1. The van der Waals surface area contributed by atoms with Gasteiger partial charge in [0, 0.05) is 35.2 Å². The molecule has 0 aliphatic heterocycles. The van der Waals surface area contributed by atoms with E-state index in [-0.39, 0.29) is 30.0 Å². The molecule has 2 aromatic carbocycles. The lowest BCUT2D eigenvalue weighted by Gasteiger charge is -2.08. The van der Waals surface area contributed by atoms with Gasteiger partial charge in [-0.15, -0.1) is 11.3 Å². The Balaban J connectivity index is 1.72. The highest BCUT2D eigenvalue weighted by atomic mass is 32.1. The topological polar surface area (TPSA) is 111 Å². The van der Waals surface area contributed by atoms with Crippen LogP contribution in [-0.2, 0) is 11.3 Å². The van der Waals surface area contributed by atoms with Crippen molar-refractivity contribution in [1.29, 1.82) is 0 Å². The summed E-state index contributed by atoms with van der Waals surface area (Å²) in [6.07, 6.45) is 0. The monoisotopic (exact) mass is 425 g/mol. The minimum absolute atomic E-state index is 0.0156. The number of nitrogens with zero attached hydrogens (tertiary/aromatic N) is 2. The molecule has 0 spiro atoms. The fourth-order valence-corrected chi connectivity index (χ4v) is 3.38. The van der Waals surface area contributed by atoms with Gasteiger partial charge in [0.15, 0.2) is 0 Å². The van der Waals surface area contributed by atoms with Crippen LogP contribution >= 0.6 is 11.3 Å². The van der Waals surface area contributed by atoms with Crippen molar-refractivity contribution in [2.24, 2.45) is 0 Å². The fraction of sp³-hybridized carbons (Fsp3) is 0.190.